The molecular weight excluding hydrogens is 497 g/mol. The lowest BCUT2D eigenvalue weighted by atomic mass is 10.1. The second kappa shape index (κ2) is 10.1. The van der Waals surface area contributed by atoms with E-state index in [0.29, 0.717) is 15.7 Å². The smallest absolute Gasteiger partial charge is 0.228 e. The molecule has 35 heavy (non-hydrogen) atoms. The van der Waals surface area contributed by atoms with Gasteiger partial charge in [0.05, 0.1) is 32.4 Å². The number of aromatic nitrogens is 1. The average Bonchev–Trinajstić information content (AvgIpc) is 3.26. The monoisotopic (exact) mass is 517 g/mol. The van der Waals surface area contributed by atoms with Crippen molar-refractivity contribution in [3.8, 4) is 10.6 Å². The fourth-order valence-corrected chi connectivity index (χ4v) is 5.34. The Morgan fingerprint density at radius 2 is 1.66 bits per heavy atom. The topological polar surface area (TPSA) is 54.0 Å². The third kappa shape index (κ3) is 5.33. The first-order valence-corrected chi connectivity index (χ1v) is 12.6. The van der Waals surface area contributed by atoms with Crippen molar-refractivity contribution in [2.75, 3.05) is 10.6 Å². The molecule has 5 rings (SSSR count). The van der Waals surface area contributed by atoms with Crippen molar-refractivity contribution < 1.29 is 4.79 Å². The molecule has 0 saturated carbocycles. The molecule has 0 saturated heterocycles. The van der Waals surface area contributed by atoms with E-state index < -0.39 is 0 Å². The number of carbonyl (C=O) groups is 1. The molecule has 0 aliphatic heterocycles. The molecule has 7 heteroatoms. The number of fused-ring (bicyclic) bond motifs is 1. The fourth-order valence-electron chi connectivity index (χ4n) is 3.78. The number of carbonyl (C=O) groups excluding carboxylic acids is 1. The number of halogens is 2. The molecule has 2 N–H and O–H groups in total. The number of hydrogen-bond acceptors (Lipinski definition) is 4. The quantitative estimate of drug-likeness (QED) is 0.237. The number of anilines is 3. The molecule has 1 aromatic heterocycles. The lowest BCUT2D eigenvalue weighted by Crippen LogP contribution is -2.15. The summed E-state index contributed by atoms with van der Waals surface area (Å²) in [5, 5.41) is 8.24. The van der Waals surface area contributed by atoms with Gasteiger partial charge in [0.25, 0.3) is 0 Å². The number of para-hydroxylation sites is 2. The molecule has 0 bridgehead atoms. The van der Waals surface area contributed by atoms with Gasteiger partial charge in [0.2, 0.25) is 5.91 Å². The number of amides is 1. The Morgan fingerprint density at radius 3 is 2.43 bits per heavy atom. The van der Waals surface area contributed by atoms with E-state index in [2.05, 4.69) is 29.7 Å². The summed E-state index contributed by atoms with van der Waals surface area (Å²) in [4.78, 5) is 17.6. The van der Waals surface area contributed by atoms with E-state index >= 15 is 0 Å². The Kier molecular flexibility index (Phi) is 6.73. The van der Waals surface area contributed by atoms with Crippen molar-refractivity contribution in [1.29, 1.82) is 0 Å². The molecule has 4 nitrogen and oxygen atoms in total. The van der Waals surface area contributed by atoms with Gasteiger partial charge in [-0.25, -0.2) is 4.98 Å². The van der Waals surface area contributed by atoms with Crippen LogP contribution in [0.25, 0.3) is 20.8 Å². The van der Waals surface area contributed by atoms with E-state index in [0.717, 1.165) is 33.0 Å². The molecule has 1 amide bonds. The van der Waals surface area contributed by atoms with Gasteiger partial charge >= 0.3 is 0 Å². The van der Waals surface area contributed by atoms with Crippen LogP contribution in [0.15, 0.2) is 84.9 Å². The van der Waals surface area contributed by atoms with Crippen LogP contribution in [-0.4, -0.2) is 10.9 Å². The van der Waals surface area contributed by atoms with Gasteiger partial charge in [-0.1, -0.05) is 53.5 Å². The van der Waals surface area contributed by atoms with Crippen LogP contribution in [0.3, 0.4) is 0 Å². The Bertz CT molecular complexity index is 1510. The Balaban J connectivity index is 1.28. The van der Waals surface area contributed by atoms with Gasteiger partial charge in [-0.15, -0.1) is 11.3 Å². The minimum Gasteiger partial charge on any atom is -0.353 e. The van der Waals surface area contributed by atoms with Crippen molar-refractivity contribution in [3.63, 3.8) is 0 Å². The number of aryl methyl sites for hydroxylation is 1. The van der Waals surface area contributed by atoms with Gasteiger partial charge in [-0.3, -0.25) is 4.79 Å². The van der Waals surface area contributed by atoms with Crippen LogP contribution in [0.5, 0.6) is 0 Å². The van der Waals surface area contributed by atoms with Crippen LogP contribution in [0.2, 0.25) is 10.0 Å². The predicted molar refractivity (Wildman–Crippen MR) is 148 cm³/mol. The molecule has 0 spiro atoms. The maximum atomic E-state index is 12.8. The molecule has 0 fully saturated rings. The Labute approximate surface area is 217 Å². The number of rotatable bonds is 6. The number of nitrogens with zero attached hydrogens (tertiary/aromatic N) is 1. The summed E-state index contributed by atoms with van der Waals surface area (Å²) in [5.41, 5.74) is 6.20. The van der Waals surface area contributed by atoms with Gasteiger partial charge in [0, 0.05) is 16.9 Å². The molecule has 4 aromatic carbocycles. The van der Waals surface area contributed by atoms with E-state index in [4.69, 9.17) is 28.2 Å². The summed E-state index contributed by atoms with van der Waals surface area (Å²) in [7, 11) is 0. The normalized spacial score (nSPS) is 10.9. The van der Waals surface area contributed by atoms with E-state index in [1.807, 2.05) is 54.6 Å². The van der Waals surface area contributed by atoms with Crippen molar-refractivity contribution in [1.82, 2.24) is 4.98 Å². The fraction of sp³-hybridized carbons (Fsp3) is 0.0714. The summed E-state index contributed by atoms with van der Waals surface area (Å²) < 4.78 is 1.17. The van der Waals surface area contributed by atoms with Gasteiger partial charge in [0.1, 0.15) is 5.01 Å². The standard InChI is InChI=1S/C28H21Cl2N3OS/c1-17-9-14-24-25(15-17)35-28(33-24)18-10-12-20(13-11-18)31-26(34)16-19-5-2-3-8-23(19)32-27-21(29)6-4-7-22(27)30/h2-15,32H,16H2,1H3,(H,31,34). The minimum absolute atomic E-state index is 0.118. The van der Waals surface area contributed by atoms with Crippen molar-refractivity contribution >= 4 is 67.7 Å². The van der Waals surface area contributed by atoms with Crippen LogP contribution < -0.4 is 10.6 Å². The highest BCUT2D eigenvalue weighted by molar-refractivity contribution is 7.21. The molecule has 0 atom stereocenters. The molecule has 0 aliphatic rings. The number of thiazole rings is 1. The van der Waals surface area contributed by atoms with E-state index in [9.17, 15) is 4.79 Å². The number of nitrogens with one attached hydrogen (secondary N) is 2. The SMILES string of the molecule is Cc1ccc2nc(-c3ccc(NC(=O)Cc4ccccc4Nc4c(Cl)cccc4Cl)cc3)sc2c1. The summed E-state index contributed by atoms with van der Waals surface area (Å²) in [6.45, 7) is 2.08. The van der Waals surface area contributed by atoms with Crippen LogP contribution >= 0.6 is 34.5 Å². The molecule has 0 unspecified atom stereocenters. The summed E-state index contributed by atoms with van der Waals surface area (Å²) >= 11 is 14.3. The van der Waals surface area contributed by atoms with Crippen molar-refractivity contribution in [2.24, 2.45) is 0 Å². The zero-order valence-corrected chi connectivity index (χ0v) is 21.1. The number of hydrogen-bond donors (Lipinski definition) is 2. The minimum atomic E-state index is -0.118. The molecule has 174 valence electrons. The van der Waals surface area contributed by atoms with Crippen molar-refractivity contribution in [3.05, 3.63) is 106 Å². The third-order valence-corrected chi connectivity index (χ3v) is 7.25. The highest BCUT2D eigenvalue weighted by Crippen LogP contribution is 2.34. The van der Waals surface area contributed by atoms with Gasteiger partial charge < -0.3 is 10.6 Å². The van der Waals surface area contributed by atoms with Gasteiger partial charge in [0.15, 0.2) is 0 Å². The predicted octanol–water partition coefficient (Wildman–Crippen LogP) is 8.50. The zero-order valence-electron chi connectivity index (χ0n) is 18.8. The highest BCUT2D eigenvalue weighted by Gasteiger charge is 2.12. The van der Waals surface area contributed by atoms with Crippen LogP contribution in [0.4, 0.5) is 17.1 Å². The first-order valence-electron chi connectivity index (χ1n) is 11.0. The molecular formula is C28H21Cl2N3OS. The van der Waals surface area contributed by atoms with Gasteiger partial charge in [-0.05, 0) is 72.6 Å². The molecule has 0 radical (unpaired) electrons. The summed E-state index contributed by atoms with van der Waals surface area (Å²) in [6, 6.07) is 27.0. The largest absolute Gasteiger partial charge is 0.353 e. The van der Waals surface area contributed by atoms with E-state index in [1.165, 1.54) is 10.3 Å². The van der Waals surface area contributed by atoms with Gasteiger partial charge in [-0.2, -0.15) is 0 Å². The van der Waals surface area contributed by atoms with Crippen LogP contribution in [0.1, 0.15) is 11.1 Å². The first kappa shape index (κ1) is 23.4. The zero-order chi connectivity index (χ0) is 24.4. The van der Waals surface area contributed by atoms with E-state index in [-0.39, 0.29) is 12.3 Å². The second-order valence-electron chi connectivity index (χ2n) is 8.17. The lowest BCUT2D eigenvalue weighted by molar-refractivity contribution is -0.115. The highest BCUT2D eigenvalue weighted by atomic mass is 35.5. The Hall–Kier alpha value is -3.38. The maximum Gasteiger partial charge on any atom is 0.228 e. The third-order valence-electron chi connectivity index (χ3n) is 5.55. The van der Waals surface area contributed by atoms with Crippen LogP contribution in [-0.2, 0) is 11.2 Å². The molecule has 1 heterocycles. The molecule has 5 aromatic rings. The average molecular weight is 518 g/mol. The lowest BCUT2D eigenvalue weighted by Gasteiger charge is -2.14. The van der Waals surface area contributed by atoms with Crippen LogP contribution in [0, 0.1) is 6.92 Å². The van der Waals surface area contributed by atoms with Crippen molar-refractivity contribution in [2.45, 2.75) is 13.3 Å². The first-order chi connectivity index (χ1) is 17.0. The number of benzene rings is 4. The van der Waals surface area contributed by atoms with E-state index in [1.54, 1.807) is 29.5 Å². The maximum absolute atomic E-state index is 12.8. The molecule has 0 aliphatic carbocycles. The second-order valence-corrected chi connectivity index (χ2v) is 10.0. The Morgan fingerprint density at radius 1 is 0.914 bits per heavy atom. The summed E-state index contributed by atoms with van der Waals surface area (Å²) in [5.74, 6) is -0.118. The summed E-state index contributed by atoms with van der Waals surface area (Å²) in [6.07, 6.45) is 0.199.